The van der Waals surface area contributed by atoms with Crippen molar-refractivity contribution in [2.45, 2.75) is 264 Å². The van der Waals surface area contributed by atoms with Gasteiger partial charge in [-0.15, -0.1) is 0 Å². The van der Waals surface area contributed by atoms with E-state index in [0.29, 0.717) is 19.3 Å². The van der Waals surface area contributed by atoms with Crippen molar-refractivity contribution in [2.75, 3.05) is 13.2 Å². The van der Waals surface area contributed by atoms with E-state index in [4.69, 9.17) is 14.2 Å². The van der Waals surface area contributed by atoms with E-state index in [1.54, 1.807) is 0 Å². The largest absolute Gasteiger partial charge is 0.462 e. The monoisotopic (exact) mass is 1130 g/mol. The highest BCUT2D eigenvalue weighted by molar-refractivity contribution is 5.71. The van der Waals surface area contributed by atoms with Crippen LogP contribution in [-0.2, 0) is 28.6 Å². The Morgan fingerprint density at radius 1 is 0.256 bits per heavy atom. The summed E-state index contributed by atoms with van der Waals surface area (Å²) in [5.74, 6) is -0.988. The van der Waals surface area contributed by atoms with Gasteiger partial charge in [-0.25, -0.2) is 0 Å². The number of allylic oxidation sites excluding steroid dienone is 30. The molecular formula is C76H118O6. The summed E-state index contributed by atoms with van der Waals surface area (Å²) in [6, 6.07) is 0. The van der Waals surface area contributed by atoms with E-state index in [1.165, 1.54) is 38.5 Å². The molecule has 0 aromatic rings. The van der Waals surface area contributed by atoms with Crippen LogP contribution < -0.4 is 0 Å². The SMILES string of the molecule is CC/C=C\C/C=C\C/C=C\C/C=C\C/C=C\C/C=C\C/C=C\C/C=C\CCCCC(=O)OCC(COC(=O)CCCCCCC/C=C\C/C=C\CCCC)OC(=O)CCCCCCCCC/C=C\C/C=C\C/C=C\C/C=C\C/C=C\CC. The Bertz CT molecular complexity index is 1920. The number of hydrogen-bond acceptors (Lipinski definition) is 6. The topological polar surface area (TPSA) is 78.9 Å². The van der Waals surface area contributed by atoms with Crippen LogP contribution in [0.25, 0.3) is 0 Å². The van der Waals surface area contributed by atoms with Gasteiger partial charge in [0, 0.05) is 19.3 Å². The third kappa shape index (κ3) is 65.3. The van der Waals surface area contributed by atoms with Gasteiger partial charge in [-0.3, -0.25) is 14.4 Å². The van der Waals surface area contributed by atoms with Gasteiger partial charge in [0.15, 0.2) is 6.10 Å². The van der Waals surface area contributed by atoms with Crippen molar-refractivity contribution in [3.05, 3.63) is 182 Å². The Morgan fingerprint density at radius 3 is 0.768 bits per heavy atom. The molecule has 0 N–H and O–H groups in total. The van der Waals surface area contributed by atoms with Crippen LogP contribution in [0, 0.1) is 0 Å². The molecule has 0 aliphatic heterocycles. The van der Waals surface area contributed by atoms with Crippen molar-refractivity contribution in [2.24, 2.45) is 0 Å². The molecule has 1 unspecified atom stereocenters. The van der Waals surface area contributed by atoms with Crippen molar-refractivity contribution < 1.29 is 28.6 Å². The molecule has 6 heteroatoms. The zero-order chi connectivity index (χ0) is 59.2. The maximum absolute atomic E-state index is 12.9. The maximum atomic E-state index is 12.9. The normalized spacial score (nSPS) is 13.4. The van der Waals surface area contributed by atoms with Crippen LogP contribution >= 0.6 is 0 Å². The van der Waals surface area contributed by atoms with Crippen molar-refractivity contribution in [1.29, 1.82) is 0 Å². The molecule has 0 aromatic carbocycles. The molecule has 0 fully saturated rings. The number of hydrogen-bond donors (Lipinski definition) is 0. The molecule has 0 amide bonds. The zero-order valence-electron chi connectivity index (χ0n) is 52.4. The molecule has 0 bridgehead atoms. The molecule has 1 atom stereocenters. The maximum Gasteiger partial charge on any atom is 0.306 e. The Labute approximate surface area is 504 Å². The van der Waals surface area contributed by atoms with E-state index in [-0.39, 0.29) is 37.5 Å². The standard InChI is InChI=1S/C76H118O6/c1-4-7-10-13-16-19-22-25-28-30-32-34-36-37-38-39-41-42-44-46-48-51-54-57-60-63-66-69-75(78)81-72-73(71-80-74(77)68-65-62-59-56-53-50-27-24-21-18-15-12-9-6-3)82-76(79)70-67-64-61-58-55-52-49-47-45-43-40-35-33-31-29-26-23-20-17-14-11-8-5-2/h7-8,10-11,15-20,24-29,32-35,37-38,41-43,45-46,48,54,57,73H,4-6,9,12-14,21-23,30-31,36,39-40,44,47,49-53,55-56,58-72H2,1-3H3/b10-7-,11-8-,18-15-,19-16-,20-17-,27-24-,28-25-,29-26-,34-32-,35-33-,38-37-,42-41-,45-43-,48-46-,57-54-. The van der Waals surface area contributed by atoms with Crippen molar-refractivity contribution in [1.82, 2.24) is 0 Å². The summed E-state index contributed by atoms with van der Waals surface area (Å²) < 4.78 is 16.9. The molecule has 0 heterocycles. The highest BCUT2D eigenvalue weighted by Gasteiger charge is 2.19. The molecule has 0 rings (SSSR count). The molecule has 0 aliphatic carbocycles. The van der Waals surface area contributed by atoms with Gasteiger partial charge in [-0.05, 0) is 154 Å². The summed E-state index contributed by atoms with van der Waals surface area (Å²) in [5, 5.41) is 0. The van der Waals surface area contributed by atoms with Crippen molar-refractivity contribution in [3.8, 4) is 0 Å². The van der Waals surface area contributed by atoms with E-state index in [9.17, 15) is 14.4 Å². The van der Waals surface area contributed by atoms with Gasteiger partial charge in [0.1, 0.15) is 13.2 Å². The van der Waals surface area contributed by atoms with Crippen LogP contribution in [0.5, 0.6) is 0 Å². The first-order chi connectivity index (χ1) is 40.5. The predicted molar refractivity (Wildman–Crippen MR) is 357 cm³/mol. The van der Waals surface area contributed by atoms with Gasteiger partial charge >= 0.3 is 17.9 Å². The molecule has 0 aliphatic rings. The van der Waals surface area contributed by atoms with Crippen LogP contribution in [0.15, 0.2) is 182 Å². The fourth-order valence-corrected chi connectivity index (χ4v) is 8.26. The molecule has 0 saturated heterocycles. The van der Waals surface area contributed by atoms with Gasteiger partial charge in [0.05, 0.1) is 0 Å². The highest BCUT2D eigenvalue weighted by Crippen LogP contribution is 2.14. The number of esters is 3. The lowest BCUT2D eigenvalue weighted by Gasteiger charge is -2.18. The van der Waals surface area contributed by atoms with Crippen LogP contribution in [0.1, 0.15) is 258 Å². The third-order valence-corrected chi connectivity index (χ3v) is 13.1. The lowest BCUT2D eigenvalue weighted by atomic mass is 10.1. The second kappa shape index (κ2) is 68.0. The van der Waals surface area contributed by atoms with Gasteiger partial charge in [0.2, 0.25) is 0 Å². The first kappa shape index (κ1) is 76.5. The van der Waals surface area contributed by atoms with Crippen molar-refractivity contribution >= 4 is 17.9 Å². The minimum atomic E-state index is -0.821. The molecule has 0 radical (unpaired) electrons. The molecule has 0 spiro atoms. The second-order valence-corrected chi connectivity index (χ2v) is 20.9. The third-order valence-electron chi connectivity index (χ3n) is 13.1. The Hall–Kier alpha value is -5.49. The molecule has 0 saturated carbocycles. The fourth-order valence-electron chi connectivity index (χ4n) is 8.26. The summed E-state index contributed by atoms with van der Waals surface area (Å²) in [6.45, 7) is 6.31. The first-order valence-electron chi connectivity index (χ1n) is 32.8. The molecule has 0 aromatic heterocycles. The Kier molecular flexibility index (Phi) is 63.5. The van der Waals surface area contributed by atoms with E-state index >= 15 is 0 Å². The minimum Gasteiger partial charge on any atom is -0.462 e. The van der Waals surface area contributed by atoms with Crippen LogP contribution in [0.2, 0.25) is 0 Å². The summed E-state index contributed by atoms with van der Waals surface area (Å²) in [6.07, 6.45) is 102. The van der Waals surface area contributed by atoms with Crippen molar-refractivity contribution in [3.63, 3.8) is 0 Å². The molecule has 82 heavy (non-hydrogen) atoms. The quantitative estimate of drug-likeness (QED) is 0.0261. The van der Waals surface area contributed by atoms with E-state index < -0.39 is 6.10 Å². The van der Waals surface area contributed by atoms with E-state index in [2.05, 4.69) is 203 Å². The summed E-state index contributed by atoms with van der Waals surface area (Å²) in [4.78, 5) is 38.4. The summed E-state index contributed by atoms with van der Waals surface area (Å²) in [5.41, 5.74) is 0. The number of rotatable bonds is 57. The summed E-state index contributed by atoms with van der Waals surface area (Å²) in [7, 11) is 0. The average molecular weight is 1130 g/mol. The lowest BCUT2D eigenvalue weighted by Crippen LogP contribution is -2.30. The van der Waals surface area contributed by atoms with Crippen LogP contribution in [0.4, 0.5) is 0 Å². The van der Waals surface area contributed by atoms with Gasteiger partial charge in [-0.1, -0.05) is 267 Å². The van der Waals surface area contributed by atoms with Gasteiger partial charge < -0.3 is 14.2 Å². The highest BCUT2D eigenvalue weighted by atomic mass is 16.6. The van der Waals surface area contributed by atoms with Gasteiger partial charge in [0.25, 0.3) is 0 Å². The number of unbranched alkanes of at least 4 members (excludes halogenated alkanes) is 16. The number of ether oxygens (including phenoxy) is 3. The minimum absolute atomic E-state index is 0.113. The molecule has 6 nitrogen and oxygen atoms in total. The average Bonchev–Trinajstić information content (AvgIpc) is 3.48. The Morgan fingerprint density at radius 2 is 0.476 bits per heavy atom. The van der Waals surface area contributed by atoms with Gasteiger partial charge in [-0.2, -0.15) is 0 Å². The molecular weight excluding hydrogens is 1010 g/mol. The summed E-state index contributed by atoms with van der Waals surface area (Å²) >= 11 is 0. The predicted octanol–water partition coefficient (Wildman–Crippen LogP) is 22.8. The van der Waals surface area contributed by atoms with E-state index in [0.717, 1.165) is 173 Å². The number of carbonyl (C=O) groups is 3. The lowest BCUT2D eigenvalue weighted by molar-refractivity contribution is -0.167. The fraction of sp³-hybridized carbons (Fsp3) is 0.566. The Balaban J connectivity index is 4.51. The number of carbonyl (C=O) groups excluding carboxylic acids is 3. The van der Waals surface area contributed by atoms with E-state index in [1.807, 2.05) is 0 Å². The first-order valence-corrected chi connectivity index (χ1v) is 32.8. The second-order valence-electron chi connectivity index (χ2n) is 20.9. The smallest absolute Gasteiger partial charge is 0.306 e. The van der Waals surface area contributed by atoms with Crippen LogP contribution in [-0.4, -0.2) is 37.2 Å². The molecule has 458 valence electrons. The zero-order valence-corrected chi connectivity index (χ0v) is 52.4. The van der Waals surface area contributed by atoms with Crippen LogP contribution in [0.3, 0.4) is 0 Å².